The molecule has 0 aliphatic rings. The highest BCUT2D eigenvalue weighted by molar-refractivity contribution is 6.14. The SMILES string of the molecule is c1ccc(-c2ccc(-c3cc4ccccc4c4ccccc34)cc2N(c2ccc(-c3cccc4ccccc34)cc2)c2cccc(-c3cccc4ccccc34)c2)cc1. The highest BCUT2D eigenvalue weighted by atomic mass is 15.1. The Bertz CT molecular complexity index is 3310. The van der Waals surface area contributed by atoms with Crippen LogP contribution in [-0.4, -0.2) is 0 Å². The molecule has 0 spiro atoms. The standard InChI is InChI=1S/C58H39N/c1-2-15-42(16-3-1)54-36-33-46(57-38-45-19-6-9-26-53(45)55-27-10-11-28-56(55)57)39-58(54)59(47-34-31-43(32-35-47)51-29-13-20-40-17-4-7-24-49(40)51)48-23-12-22-44(37-48)52-30-14-21-41-18-5-8-25-50(41)52/h1-39H. The Kier molecular flexibility index (Phi) is 8.56. The van der Waals surface area contributed by atoms with Crippen molar-refractivity contribution < 1.29 is 0 Å². The first-order valence-electron chi connectivity index (χ1n) is 20.3. The summed E-state index contributed by atoms with van der Waals surface area (Å²) in [6.45, 7) is 0. The molecule has 0 heterocycles. The fourth-order valence-electron chi connectivity index (χ4n) is 9.02. The minimum Gasteiger partial charge on any atom is -0.310 e. The number of hydrogen-bond donors (Lipinski definition) is 0. The molecule has 0 aromatic heterocycles. The number of hydrogen-bond acceptors (Lipinski definition) is 1. The van der Waals surface area contributed by atoms with E-state index in [-0.39, 0.29) is 0 Å². The second-order valence-electron chi connectivity index (χ2n) is 15.3. The largest absolute Gasteiger partial charge is 0.310 e. The minimum atomic E-state index is 1.08. The molecule has 276 valence electrons. The summed E-state index contributed by atoms with van der Waals surface area (Å²) in [5.74, 6) is 0. The van der Waals surface area contributed by atoms with Crippen molar-refractivity contribution in [2.45, 2.75) is 0 Å². The summed E-state index contributed by atoms with van der Waals surface area (Å²) >= 11 is 0. The summed E-state index contributed by atoms with van der Waals surface area (Å²) < 4.78 is 0. The zero-order valence-electron chi connectivity index (χ0n) is 32.5. The van der Waals surface area contributed by atoms with Crippen LogP contribution in [0.5, 0.6) is 0 Å². The third-order valence-electron chi connectivity index (χ3n) is 11.8. The van der Waals surface area contributed by atoms with Crippen molar-refractivity contribution >= 4 is 60.2 Å². The molecule has 0 saturated heterocycles. The number of anilines is 3. The van der Waals surface area contributed by atoms with Crippen LogP contribution < -0.4 is 4.90 Å². The van der Waals surface area contributed by atoms with Crippen LogP contribution in [0.15, 0.2) is 237 Å². The van der Waals surface area contributed by atoms with Gasteiger partial charge in [-0.3, -0.25) is 0 Å². The van der Waals surface area contributed by atoms with Crippen molar-refractivity contribution in [2.24, 2.45) is 0 Å². The summed E-state index contributed by atoms with van der Waals surface area (Å²) in [5.41, 5.74) is 12.8. The Balaban J connectivity index is 1.16. The van der Waals surface area contributed by atoms with E-state index in [1.807, 2.05) is 0 Å². The summed E-state index contributed by atoms with van der Waals surface area (Å²) in [5, 5.41) is 9.98. The Morgan fingerprint density at radius 3 is 1.42 bits per heavy atom. The molecule has 59 heavy (non-hydrogen) atoms. The van der Waals surface area contributed by atoms with E-state index >= 15 is 0 Å². The predicted molar refractivity (Wildman–Crippen MR) is 253 cm³/mol. The van der Waals surface area contributed by atoms with Crippen molar-refractivity contribution in [3.63, 3.8) is 0 Å². The molecular formula is C58H39N. The van der Waals surface area contributed by atoms with Crippen LogP contribution in [0.1, 0.15) is 0 Å². The van der Waals surface area contributed by atoms with Crippen molar-refractivity contribution in [1.82, 2.24) is 0 Å². The highest BCUT2D eigenvalue weighted by Crippen LogP contribution is 2.46. The first-order valence-corrected chi connectivity index (χ1v) is 20.3. The fourth-order valence-corrected chi connectivity index (χ4v) is 9.02. The van der Waals surface area contributed by atoms with E-state index in [0.29, 0.717) is 0 Å². The van der Waals surface area contributed by atoms with E-state index in [9.17, 15) is 0 Å². The van der Waals surface area contributed by atoms with Gasteiger partial charge in [0.05, 0.1) is 5.69 Å². The van der Waals surface area contributed by atoms with Gasteiger partial charge in [-0.25, -0.2) is 0 Å². The molecule has 0 saturated carbocycles. The van der Waals surface area contributed by atoms with Crippen molar-refractivity contribution in [3.05, 3.63) is 237 Å². The minimum absolute atomic E-state index is 1.08. The lowest BCUT2D eigenvalue weighted by Crippen LogP contribution is -2.11. The molecule has 0 atom stereocenters. The molecule has 0 aliphatic heterocycles. The van der Waals surface area contributed by atoms with Crippen molar-refractivity contribution in [1.29, 1.82) is 0 Å². The van der Waals surface area contributed by atoms with E-state index in [2.05, 4.69) is 241 Å². The molecule has 0 N–H and O–H groups in total. The molecule has 0 aliphatic carbocycles. The molecule has 1 heteroatoms. The maximum absolute atomic E-state index is 2.45. The Morgan fingerprint density at radius 1 is 0.220 bits per heavy atom. The summed E-state index contributed by atoms with van der Waals surface area (Å²) in [6, 6.07) is 86.4. The topological polar surface area (TPSA) is 3.24 Å². The molecule has 0 unspecified atom stereocenters. The second-order valence-corrected chi connectivity index (χ2v) is 15.3. The van der Waals surface area contributed by atoms with Crippen LogP contribution in [0.4, 0.5) is 17.1 Å². The average Bonchev–Trinajstić information content (AvgIpc) is 3.31. The van der Waals surface area contributed by atoms with Crippen LogP contribution in [0.25, 0.3) is 87.6 Å². The first kappa shape index (κ1) is 34.5. The van der Waals surface area contributed by atoms with Gasteiger partial charge in [0, 0.05) is 16.9 Å². The van der Waals surface area contributed by atoms with Gasteiger partial charge in [0.25, 0.3) is 0 Å². The van der Waals surface area contributed by atoms with Gasteiger partial charge in [-0.05, 0) is 118 Å². The zero-order chi connectivity index (χ0) is 39.1. The fraction of sp³-hybridized carbons (Fsp3) is 0. The van der Waals surface area contributed by atoms with Crippen molar-refractivity contribution in [2.75, 3.05) is 4.90 Å². The third kappa shape index (κ3) is 6.21. The van der Waals surface area contributed by atoms with E-state index in [1.165, 1.54) is 82.0 Å². The number of rotatable bonds is 7. The number of nitrogens with zero attached hydrogens (tertiary/aromatic N) is 1. The molecule has 11 aromatic rings. The average molecular weight is 750 g/mol. The molecule has 0 radical (unpaired) electrons. The molecule has 0 bridgehead atoms. The van der Waals surface area contributed by atoms with Crippen LogP contribution in [0.2, 0.25) is 0 Å². The lowest BCUT2D eigenvalue weighted by atomic mass is 9.91. The van der Waals surface area contributed by atoms with Gasteiger partial charge in [-0.1, -0.05) is 200 Å². The first-order chi connectivity index (χ1) is 29.3. The van der Waals surface area contributed by atoms with Gasteiger partial charge in [0.2, 0.25) is 0 Å². The van der Waals surface area contributed by atoms with Gasteiger partial charge < -0.3 is 4.90 Å². The van der Waals surface area contributed by atoms with Gasteiger partial charge >= 0.3 is 0 Å². The molecule has 0 amide bonds. The van der Waals surface area contributed by atoms with Crippen LogP contribution >= 0.6 is 0 Å². The summed E-state index contributed by atoms with van der Waals surface area (Å²) in [7, 11) is 0. The maximum Gasteiger partial charge on any atom is 0.0546 e. The van der Waals surface area contributed by atoms with Crippen molar-refractivity contribution in [3.8, 4) is 44.5 Å². The van der Waals surface area contributed by atoms with Gasteiger partial charge in [-0.15, -0.1) is 0 Å². The van der Waals surface area contributed by atoms with E-state index in [0.717, 1.165) is 22.6 Å². The van der Waals surface area contributed by atoms with Gasteiger partial charge in [0.1, 0.15) is 0 Å². The van der Waals surface area contributed by atoms with Gasteiger partial charge in [-0.2, -0.15) is 0 Å². The monoisotopic (exact) mass is 749 g/mol. The third-order valence-corrected chi connectivity index (χ3v) is 11.8. The zero-order valence-corrected chi connectivity index (χ0v) is 32.5. The molecule has 11 aromatic carbocycles. The van der Waals surface area contributed by atoms with Gasteiger partial charge in [0.15, 0.2) is 0 Å². The van der Waals surface area contributed by atoms with Crippen LogP contribution in [0.3, 0.4) is 0 Å². The summed E-state index contributed by atoms with van der Waals surface area (Å²) in [4.78, 5) is 2.45. The van der Waals surface area contributed by atoms with E-state index in [4.69, 9.17) is 0 Å². The van der Waals surface area contributed by atoms with E-state index in [1.54, 1.807) is 0 Å². The molecule has 1 nitrogen and oxygen atoms in total. The second kappa shape index (κ2) is 14.6. The lowest BCUT2D eigenvalue weighted by molar-refractivity contribution is 1.28. The Morgan fingerprint density at radius 2 is 0.712 bits per heavy atom. The lowest BCUT2D eigenvalue weighted by Gasteiger charge is -2.29. The smallest absolute Gasteiger partial charge is 0.0546 e. The highest BCUT2D eigenvalue weighted by Gasteiger charge is 2.21. The molecule has 11 rings (SSSR count). The molecule has 0 fully saturated rings. The predicted octanol–water partition coefficient (Wildman–Crippen LogP) is 16.4. The Labute approximate surface area is 344 Å². The molecular weight excluding hydrogens is 711 g/mol. The number of fused-ring (bicyclic) bond motifs is 5. The van der Waals surface area contributed by atoms with Crippen LogP contribution in [-0.2, 0) is 0 Å². The normalized spacial score (nSPS) is 11.4. The Hall–Kier alpha value is -7.74. The van der Waals surface area contributed by atoms with Crippen LogP contribution in [0, 0.1) is 0 Å². The van der Waals surface area contributed by atoms with E-state index < -0.39 is 0 Å². The number of benzene rings is 11. The maximum atomic E-state index is 2.45. The summed E-state index contributed by atoms with van der Waals surface area (Å²) in [6.07, 6.45) is 0. The quantitative estimate of drug-likeness (QED) is 0.147.